The Balaban J connectivity index is 1.92. The molecule has 96 valence electrons. The third kappa shape index (κ3) is 3.42. The first-order valence-electron chi connectivity index (χ1n) is 6.29. The SMILES string of the molecule is CN(CCc1ccccc1)C(CN)c1cccs1. The van der Waals surface area contributed by atoms with Crippen molar-refractivity contribution in [2.45, 2.75) is 12.5 Å². The lowest BCUT2D eigenvalue weighted by Gasteiger charge is -2.26. The molecule has 1 heterocycles. The van der Waals surface area contributed by atoms with Crippen LogP contribution in [-0.2, 0) is 6.42 Å². The molecule has 0 spiro atoms. The minimum atomic E-state index is 0.341. The molecule has 2 rings (SSSR count). The number of thiophene rings is 1. The summed E-state index contributed by atoms with van der Waals surface area (Å²) in [5.74, 6) is 0. The lowest BCUT2D eigenvalue weighted by molar-refractivity contribution is 0.256. The summed E-state index contributed by atoms with van der Waals surface area (Å²) in [6.07, 6.45) is 1.07. The summed E-state index contributed by atoms with van der Waals surface area (Å²) in [4.78, 5) is 3.70. The van der Waals surface area contributed by atoms with E-state index in [4.69, 9.17) is 5.73 Å². The molecule has 1 atom stereocenters. The van der Waals surface area contributed by atoms with Crippen molar-refractivity contribution < 1.29 is 0 Å². The zero-order chi connectivity index (χ0) is 12.8. The van der Waals surface area contributed by atoms with Gasteiger partial charge in [0.25, 0.3) is 0 Å². The van der Waals surface area contributed by atoms with E-state index in [9.17, 15) is 0 Å². The summed E-state index contributed by atoms with van der Waals surface area (Å²) in [6.45, 7) is 1.70. The third-order valence-corrected chi connectivity index (χ3v) is 4.20. The molecule has 3 heteroatoms. The van der Waals surface area contributed by atoms with Gasteiger partial charge in [-0.25, -0.2) is 0 Å². The van der Waals surface area contributed by atoms with E-state index in [1.54, 1.807) is 11.3 Å². The smallest absolute Gasteiger partial charge is 0.0561 e. The number of nitrogens with two attached hydrogens (primary N) is 1. The molecule has 1 aromatic heterocycles. The topological polar surface area (TPSA) is 29.3 Å². The molecule has 0 saturated heterocycles. The van der Waals surface area contributed by atoms with Gasteiger partial charge in [-0.15, -0.1) is 11.3 Å². The van der Waals surface area contributed by atoms with Gasteiger partial charge in [0, 0.05) is 18.0 Å². The van der Waals surface area contributed by atoms with Crippen LogP contribution >= 0.6 is 11.3 Å². The van der Waals surface area contributed by atoms with E-state index >= 15 is 0 Å². The average molecular weight is 260 g/mol. The van der Waals surface area contributed by atoms with Gasteiger partial charge in [-0.2, -0.15) is 0 Å². The number of likely N-dealkylation sites (N-methyl/N-ethyl adjacent to an activating group) is 1. The van der Waals surface area contributed by atoms with Crippen molar-refractivity contribution >= 4 is 11.3 Å². The number of rotatable bonds is 6. The maximum atomic E-state index is 5.90. The van der Waals surface area contributed by atoms with Gasteiger partial charge in [0.2, 0.25) is 0 Å². The van der Waals surface area contributed by atoms with Crippen molar-refractivity contribution in [1.82, 2.24) is 4.90 Å². The fourth-order valence-electron chi connectivity index (χ4n) is 2.10. The summed E-state index contributed by atoms with van der Waals surface area (Å²) in [5.41, 5.74) is 7.28. The highest BCUT2D eigenvalue weighted by atomic mass is 32.1. The van der Waals surface area contributed by atoms with Gasteiger partial charge in [0.15, 0.2) is 0 Å². The first kappa shape index (κ1) is 13.3. The van der Waals surface area contributed by atoms with Crippen LogP contribution in [0.1, 0.15) is 16.5 Å². The molecule has 0 radical (unpaired) electrons. The van der Waals surface area contributed by atoms with E-state index in [0.29, 0.717) is 12.6 Å². The normalized spacial score (nSPS) is 12.8. The second kappa shape index (κ2) is 6.69. The maximum absolute atomic E-state index is 5.90. The Morgan fingerprint density at radius 3 is 2.56 bits per heavy atom. The van der Waals surface area contributed by atoms with E-state index in [2.05, 4.69) is 59.8 Å². The van der Waals surface area contributed by atoms with Gasteiger partial charge >= 0.3 is 0 Å². The molecule has 0 aliphatic rings. The molecule has 0 bridgehead atoms. The Hall–Kier alpha value is -1.16. The monoisotopic (exact) mass is 260 g/mol. The summed E-state index contributed by atoms with van der Waals surface area (Å²) >= 11 is 1.78. The molecule has 0 saturated carbocycles. The van der Waals surface area contributed by atoms with Crippen molar-refractivity contribution in [2.75, 3.05) is 20.1 Å². The lowest BCUT2D eigenvalue weighted by Crippen LogP contribution is -2.31. The predicted molar refractivity (Wildman–Crippen MR) is 78.9 cm³/mol. The zero-order valence-corrected chi connectivity index (χ0v) is 11.6. The highest BCUT2D eigenvalue weighted by molar-refractivity contribution is 7.10. The van der Waals surface area contributed by atoms with Crippen LogP contribution in [0.2, 0.25) is 0 Å². The molecule has 2 aromatic rings. The van der Waals surface area contributed by atoms with Gasteiger partial charge in [0.05, 0.1) is 6.04 Å². The molecule has 2 nitrogen and oxygen atoms in total. The fourth-order valence-corrected chi connectivity index (χ4v) is 3.00. The van der Waals surface area contributed by atoms with Crippen LogP contribution in [0.4, 0.5) is 0 Å². The van der Waals surface area contributed by atoms with E-state index < -0.39 is 0 Å². The van der Waals surface area contributed by atoms with E-state index in [1.807, 2.05) is 0 Å². The van der Waals surface area contributed by atoms with E-state index in [1.165, 1.54) is 10.4 Å². The molecule has 0 aliphatic heterocycles. The molecule has 0 fully saturated rings. The van der Waals surface area contributed by atoms with Gasteiger partial charge in [-0.05, 0) is 30.5 Å². The highest BCUT2D eigenvalue weighted by Gasteiger charge is 2.15. The van der Waals surface area contributed by atoms with Crippen LogP contribution in [0.5, 0.6) is 0 Å². The van der Waals surface area contributed by atoms with Crippen LogP contribution in [-0.4, -0.2) is 25.0 Å². The third-order valence-electron chi connectivity index (χ3n) is 3.22. The molecule has 0 amide bonds. The molecule has 1 unspecified atom stereocenters. The van der Waals surface area contributed by atoms with Gasteiger partial charge in [-0.1, -0.05) is 36.4 Å². The Bertz CT molecular complexity index is 439. The Morgan fingerprint density at radius 1 is 1.17 bits per heavy atom. The highest BCUT2D eigenvalue weighted by Crippen LogP contribution is 2.23. The Labute approximate surface area is 113 Å². The van der Waals surface area contributed by atoms with Crippen molar-refractivity contribution in [2.24, 2.45) is 5.73 Å². The number of hydrogen-bond acceptors (Lipinski definition) is 3. The number of benzene rings is 1. The summed E-state index contributed by atoms with van der Waals surface area (Å²) in [6, 6.07) is 15.2. The minimum absolute atomic E-state index is 0.341. The van der Waals surface area contributed by atoms with Crippen molar-refractivity contribution in [1.29, 1.82) is 0 Å². The zero-order valence-electron chi connectivity index (χ0n) is 10.8. The summed E-state index contributed by atoms with van der Waals surface area (Å²) in [5, 5.41) is 2.11. The average Bonchev–Trinajstić information content (AvgIpc) is 2.92. The van der Waals surface area contributed by atoms with Crippen LogP contribution in [0.25, 0.3) is 0 Å². The van der Waals surface area contributed by atoms with Gasteiger partial charge in [-0.3, -0.25) is 4.90 Å². The summed E-state index contributed by atoms with van der Waals surface area (Å²) < 4.78 is 0. The van der Waals surface area contributed by atoms with Crippen LogP contribution < -0.4 is 5.73 Å². The quantitative estimate of drug-likeness (QED) is 0.865. The molecule has 18 heavy (non-hydrogen) atoms. The molecule has 2 N–H and O–H groups in total. The second-order valence-corrected chi connectivity index (χ2v) is 5.46. The van der Waals surface area contributed by atoms with Gasteiger partial charge < -0.3 is 5.73 Å². The van der Waals surface area contributed by atoms with Gasteiger partial charge in [0.1, 0.15) is 0 Å². The Kier molecular flexibility index (Phi) is 4.93. The predicted octanol–water partition coefficient (Wildman–Crippen LogP) is 2.92. The van der Waals surface area contributed by atoms with Crippen molar-refractivity contribution in [3.63, 3.8) is 0 Å². The number of nitrogens with zero attached hydrogens (tertiary/aromatic N) is 1. The van der Waals surface area contributed by atoms with Crippen LogP contribution in [0.15, 0.2) is 47.8 Å². The molecule has 1 aromatic carbocycles. The Morgan fingerprint density at radius 2 is 1.94 bits per heavy atom. The van der Waals surface area contributed by atoms with Crippen molar-refractivity contribution in [3.05, 3.63) is 58.3 Å². The molecular weight excluding hydrogens is 240 g/mol. The van der Waals surface area contributed by atoms with E-state index in [0.717, 1.165) is 13.0 Å². The maximum Gasteiger partial charge on any atom is 0.0561 e. The first-order chi connectivity index (χ1) is 8.81. The van der Waals surface area contributed by atoms with Crippen LogP contribution in [0, 0.1) is 0 Å². The molecule has 0 aliphatic carbocycles. The second-order valence-electron chi connectivity index (χ2n) is 4.48. The number of hydrogen-bond donors (Lipinski definition) is 1. The van der Waals surface area contributed by atoms with Crippen LogP contribution in [0.3, 0.4) is 0 Å². The lowest BCUT2D eigenvalue weighted by atomic mass is 10.1. The minimum Gasteiger partial charge on any atom is -0.329 e. The standard InChI is InChI=1S/C15H20N2S/c1-17(10-9-13-6-3-2-4-7-13)14(12-16)15-8-5-11-18-15/h2-8,11,14H,9-10,12,16H2,1H3. The fraction of sp³-hybridized carbons (Fsp3) is 0.333. The largest absolute Gasteiger partial charge is 0.329 e. The van der Waals surface area contributed by atoms with E-state index in [-0.39, 0.29) is 0 Å². The first-order valence-corrected chi connectivity index (χ1v) is 7.17. The van der Waals surface area contributed by atoms with Crippen molar-refractivity contribution in [3.8, 4) is 0 Å². The summed E-state index contributed by atoms with van der Waals surface area (Å²) in [7, 11) is 2.15. The molecular formula is C15H20N2S.